The quantitative estimate of drug-likeness (QED) is 0.674. The Morgan fingerprint density at radius 3 is 2.65 bits per heavy atom. The van der Waals surface area contributed by atoms with E-state index in [0.29, 0.717) is 17.4 Å². The van der Waals surface area contributed by atoms with Crippen LogP contribution in [0.4, 0.5) is 0 Å². The van der Waals surface area contributed by atoms with E-state index in [4.69, 9.17) is 4.42 Å². The summed E-state index contributed by atoms with van der Waals surface area (Å²) < 4.78 is 17.6. The molecule has 0 N–H and O–H groups in total. The van der Waals surface area contributed by atoms with Gasteiger partial charge >= 0.3 is 0 Å². The second-order valence-electron chi connectivity index (χ2n) is 5.29. The lowest BCUT2D eigenvalue weighted by Crippen LogP contribution is -2.00. The fraction of sp³-hybridized carbons (Fsp3) is 0.294. The molecule has 0 aliphatic rings. The van der Waals surface area contributed by atoms with Gasteiger partial charge in [0.05, 0.1) is 17.6 Å². The molecule has 0 aliphatic heterocycles. The summed E-state index contributed by atoms with van der Waals surface area (Å²) in [6.07, 6.45) is 2.68. The number of aromatic nitrogens is 2. The Morgan fingerprint density at radius 1 is 1.22 bits per heavy atom. The van der Waals surface area contributed by atoms with Gasteiger partial charge in [-0.05, 0) is 18.9 Å². The zero-order chi connectivity index (χ0) is 16.2. The van der Waals surface area contributed by atoms with E-state index in [2.05, 4.69) is 41.2 Å². The highest BCUT2D eigenvalue weighted by Gasteiger charge is 2.11. The molecule has 0 aliphatic carbocycles. The molecule has 0 spiro atoms. The Morgan fingerprint density at radius 2 is 2.00 bits per heavy atom. The van der Waals surface area contributed by atoms with Crippen molar-refractivity contribution >= 4 is 22.1 Å². The maximum absolute atomic E-state index is 12.2. The summed E-state index contributed by atoms with van der Waals surface area (Å²) in [5.74, 6) is 2.01. The van der Waals surface area contributed by atoms with E-state index in [0.717, 1.165) is 28.4 Å². The Labute approximate surface area is 142 Å². The zero-order valence-electron chi connectivity index (χ0n) is 13.1. The molecule has 3 aromatic rings. The monoisotopic (exact) mass is 346 g/mol. The molecule has 1 unspecified atom stereocenters. The minimum absolute atomic E-state index is 0.325. The van der Waals surface area contributed by atoms with Crippen molar-refractivity contribution < 1.29 is 8.63 Å². The third-order valence-corrected chi connectivity index (χ3v) is 5.55. The van der Waals surface area contributed by atoms with Crippen LogP contribution in [0.15, 0.2) is 40.3 Å². The van der Waals surface area contributed by atoms with Gasteiger partial charge in [-0.25, -0.2) is 9.97 Å². The Hall–Kier alpha value is -1.79. The average molecular weight is 346 g/mol. The topological polar surface area (TPSA) is 56.0 Å². The summed E-state index contributed by atoms with van der Waals surface area (Å²) >= 11 is 1.58. The van der Waals surface area contributed by atoms with Crippen LogP contribution in [-0.2, 0) is 28.7 Å². The largest absolute Gasteiger partial charge is 0.445 e. The number of rotatable bonds is 6. The molecule has 23 heavy (non-hydrogen) atoms. The van der Waals surface area contributed by atoms with Crippen molar-refractivity contribution in [2.75, 3.05) is 0 Å². The third kappa shape index (κ3) is 4.14. The van der Waals surface area contributed by atoms with Crippen LogP contribution in [0.3, 0.4) is 0 Å². The normalized spacial score (nSPS) is 12.4. The first-order valence-electron chi connectivity index (χ1n) is 7.44. The van der Waals surface area contributed by atoms with Crippen LogP contribution in [0.5, 0.6) is 0 Å². The molecule has 1 aromatic carbocycles. The number of thiazole rings is 1. The summed E-state index contributed by atoms with van der Waals surface area (Å²) in [5.41, 5.74) is 3.27. The third-order valence-electron chi connectivity index (χ3n) is 3.42. The van der Waals surface area contributed by atoms with E-state index < -0.39 is 10.8 Å². The van der Waals surface area contributed by atoms with Crippen LogP contribution in [0.25, 0.3) is 10.6 Å². The van der Waals surface area contributed by atoms with Gasteiger partial charge in [0.15, 0.2) is 0 Å². The highest BCUT2D eigenvalue weighted by molar-refractivity contribution is 7.83. The van der Waals surface area contributed by atoms with E-state index in [-0.39, 0.29) is 0 Å². The van der Waals surface area contributed by atoms with Crippen LogP contribution in [0.1, 0.15) is 29.8 Å². The summed E-state index contributed by atoms with van der Waals surface area (Å²) in [5, 5.41) is 2.94. The van der Waals surface area contributed by atoms with Crippen LogP contribution < -0.4 is 0 Å². The lowest BCUT2D eigenvalue weighted by molar-refractivity contribution is 0.488. The van der Waals surface area contributed by atoms with Crippen LogP contribution >= 0.6 is 11.3 Å². The minimum atomic E-state index is -1.07. The SMILES string of the molecule is CCc1ccc(-c2nc(CS(=O)Cc3ncc(C)o3)cs2)cc1. The van der Waals surface area contributed by atoms with Gasteiger partial charge < -0.3 is 4.42 Å². The fourth-order valence-corrected chi connectivity index (χ4v) is 4.13. The second-order valence-corrected chi connectivity index (χ2v) is 7.60. The fourth-order valence-electron chi connectivity index (χ4n) is 2.21. The van der Waals surface area contributed by atoms with Crippen molar-refractivity contribution in [3.05, 3.63) is 58.8 Å². The van der Waals surface area contributed by atoms with Crippen molar-refractivity contribution in [1.82, 2.24) is 9.97 Å². The molecule has 2 heterocycles. The zero-order valence-corrected chi connectivity index (χ0v) is 14.7. The highest BCUT2D eigenvalue weighted by Crippen LogP contribution is 2.25. The van der Waals surface area contributed by atoms with Gasteiger partial charge in [-0.2, -0.15) is 0 Å². The lowest BCUT2D eigenvalue weighted by atomic mass is 10.1. The maximum Gasteiger partial charge on any atom is 0.206 e. The number of benzene rings is 1. The molecule has 4 nitrogen and oxygen atoms in total. The van der Waals surface area contributed by atoms with Gasteiger partial charge in [0, 0.05) is 21.7 Å². The first-order chi connectivity index (χ1) is 11.1. The molecule has 3 rings (SSSR count). The molecule has 0 fully saturated rings. The van der Waals surface area contributed by atoms with E-state index in [1.165, 1.54) is 5.56 Å². The van der Waals surface area contributed by atoms with E-state index >= 15 is 0 Å². The molecule has 0 saturated carbocycles. The van der Waals surface area contributed by atoms with Gasteiger partial charge in [0.1, 0.15) is 16.5 Å². The number of aryl methyl sites for hydroxylation is 2. The van der Waals surface area contributed by atoms with Gasteiger partial charge in [-0.15, -0.1) is 11.3 Å². The van der Waals surface area contributed by atoms with Crippen molar-refractivity contribution in [1.29, 1.82) is 0 Å². The predicted octanol–water partition coefficient (Wildman–Crippen LogP) is 4.12. The van der Waals surface area contributed by atoms with Crippen molar-refractivity contribution in [3.8, 4) is 10.6 Å². The van der Waals surface area contributed by atoms with Gasteiger partial charge in [-0.1, -0.05) is 31.2 Å². The average Bonchev–Trinajstić information content (AvgIpc) is 3.16. The molecule has 0 radical (unpaired) electrons. The van der Waals surface area contributed by atoms with Crippen LogP contribution in [0, 0.1) is 6.92 Å². The first-order valence-corrected chi connectivity index (χ1v) is 9.81. The molecule has 0 amide bonds. The minimum Gasteiger partial charge on any atom is -0.445 e. The number of nitrogens with zero attached hydrogens (tertiary/aromatic N) is 2. The number of hydrogen-bond donors (Lipinski definition) is 0. The van der Waals surface area contributed by atoms with Crippen LogP contribution in [0.2, 0.25) is 0 Å². The Kier molecular flexibility index (Phi) is 5.03. The highest BCUT2D eigenvalue weighted by atomic mass is 32.2. The van der Waals surface area contributed by atoms with Crippen molar-refractivity contribution in [2.24, 2.45) is 0 Å². The van der Waals surface area contributed by atoms with E-state index in [1.807, 2.05) is 12.3 Å². The summed E-state index contributed by atoms with van der Waals surface area (Å²) in [6, 6.07) is 8.43. The van der Waals surface area contributed by atoms with E-state index in [9.17, 15) is 4.21 Å². The standard InChI is InChI=1S/C17H18N2O2S2/c1-3-13-4-6-14(7-5-13)17-19-15(9-22-17)10-23(20)11-16-18-8-12(2)21-16/h4-9H,3,10-11H2,1-2H3. The smallest absolute Gasteiger partial charge is 0.206 e. The van der Waals surface area contributed by atoms with Gasteiger partial charge in [-0.3, -0.25) is 4.21 Å². The summed E-state index contributed by atoms with van der Waals surface area (Å²) in [7, 11) is -1.07. The maximum atomic E-state index is 12.2. The van der Waals surface area contributed by atoms with Gasteiger partial charge in [0.2, 0.25) is 5.89 Å². The van der Waals surface area contributed by atoms with Crippen LogP contribution in [-0.4, -0.2) is 14.2 Å². The van der Waals surface area contributed by atoms with Crippen molar-refractivity contribution in [3.63, 3.8) is 0 Å². The molecule has 0 saturated heterocycles. The van der Waals surface area contributed by atoms with Crippen molar-refractivity contribution in [2.45, 2.75) is 31.8 Å². The molecule has 0 bridgehead atoms. The summed E-state index contributed by atoms with van der Waals surface area (Å²) in [4.78, 5) is 8.69. The van der Waals surface area contributed by atoms with E-state index in [1.54, 1.807) is 17.5 Å². The molecule has 120 valence electrons. The van der Waals surface area contributed by atoms with Gasteiger partial charge in [0.25, 0.3) is 0 Å². The predicted molar refractivity (Wildman–Crippen MR) is 93.7 cm³/mol. The number of oxazole rings is 1. The Balaban J connectivity index is 1.65. The first kappa shape index (κ1) is 16.1. The second kappa shape index (κ2) is 7.19. The Bertz CT molecular complexity index is 806. The molecule has 2 aromatic heterocycles. The molecular formula is C17H18N2O2S2. The summed E-state index contributed by atoms with van der Waals surface area (Å²) in [6.45, 7) is 3.97. The molecule has 1 atom stereocenters. The lowest BCUT2D eigenvalue weighted by Gasteiger charge is -1.99. The molecular weight excluding hydrogens is 328 g/mol. The number of hydrogen-bond acceptors (Lipinski definition) is 5. The molecule has 6 heteroatoms.